The van der Waals surface area contributed by atoms with E-state index in [2.05, 4.69) is 17.6 Å². The molecule has 0 aromatic rings. The molecule has 1 heterocycles. The molecule has 1 saturated heterocycles. The first-order valence-electron chi connectivity index (χ1n) is 6.27. The van der Waals surface area contributed by atoms with Gasteiger partial charge in [-0.3, -0.25) is 0 Å². The van der Waals surface area contributed by atoms with Crippen LogP contribution in [0.4, 0.5) is 0 Å². The summed E-state index contributed by atoms with van der Waals surface area (Å²) >= 11 is 0. The molecule has 14 heavy (non-hydrogen) atoms. The molecule has 0 unspecified atom stereocenters. The lowest BCUT2D eigenvalue weighted by atomic mass is 9.98. The van der Waals surface area contributed by atoms with Crippen LogP contribution in [0.5, 0.6) is 0 Å². The molecule has 1 saturated carbocycles. The summed E-state index contributed by atoms with van der Waals surface area (Å²) in [4.78, 5) is 0. The Labute approximate surface area is 87.8 Å². The Kier molecular flexibility index (Phi) is 3.45. The van der Waals surface area contributed by atoms with E-state index in [0.29, 0.717) is 5.54 Å². The van der Waals surface area contributed by atoms with E-state index < -0.39 is 0 Å². The van der Waals surface area contributed by atoms with Crippen molar-refractivity contribution in [2.45, 2.75) is 63.5 Å². The van der Waals surface area contributed by atoms with Gasteiger partial charge in [-0.1, -0.05) is 19.3 Å². The first-order valence-corrected chi connectivity index (χ1v) is 6.27. The first kappa shape index (κ1) is 10.4. The Morgan fingerprint density at radius 1 is 1.21 bits per heavy atom. The summed E-state index contributed by atoms with van der Waals surface area (Å²) in [6.07, 6.45) is 9.73. The molecule has 0 bridgehead atoms. The van der Waals surface area contributed by atoms with Crippen molar-refractivity contribution in [1.82, 2.24) is 10.6 Å². The van der Waals surface area contributed by atoms with E-state index in [1.54, 1.807) is 0 Å². The maximum atomic E-state index is 3.77. The number of hydrogen-bond acceptors (Lipinski definition) is 2. The minimum Gasteiger partial charge on any atom is -0.313 e. The molecule has 0 aromatic heterocycles. The maximum Gasteiger partial charge on any atom is 0.0192 e. The lowest BCUT2D eigenvalue weighted by Crippen LogP contribution is -2.48. The van der Waals surface area contributed by atoms with E-state index in [-0.39, 0.29) is 0 Å². The zero-order chi connectivity index (χ0) is 9.86. The van der Waals surface area contributed by atoms with Gasteiger partial charge in [0, 0.05) is 18.1 Å². The fourth-order valence-corrected chi connectivity index (χ4v) is 2.80. The Morgan fingerprint density at radius 2 is 2.00 bits per heavy atom. The minimum atomic E-state index is 0.457. The Bertz CT molecular complexity index is 167. The molecule has 2 fully saturated rings. The molecule has 1 aliphatic heterocycles. The average molecular weight is 196 g/mol. The van der Waals surface area contributed by atoms with Crippen LogP contribution in [-0.2, 0) is 0 Å². The van der Waals surface area contributed by atoms with Gasteiger partial charge >= 0.3 is 0 Å². The zero-order valence-electron chi connectivity index (χ0n) is 9.44. The third-order valence-corrected chi connectivity index (χ3v) is 3.89. The Hall–Kier alpha value is -0.0800. The van der Waals surface area contributed by atoms with Crippen LogP contribution in [0.2, 0.25) is 0 Å². The molecular formula is C12H24N2. The molecule has 1 atom stereocenters. The number of nitrogens with one attached hydrogen (secondary N) is 2. The van der Waals surface area contributed by atoms with Crippen molar-refractivity contribution >= 4 is 0 Å². The molecule has 1 aliphatic carbocycles. The third-order valence-electron chi connectivity index (χ3n) is 3.89. The maximum absolute atomic E-state index is 3.77. The van der Waals surface area contributed by atoms with Gasteiger partial charge < -0.3 is 10.6 Å². The second-order valence-electron chi connectivity index (χ2n) is 5.30. The Morgan fingerprint density at radius 3 is 2.64 bits per heavy atom. The molecular weight excluding hydrogens is 172 g/mol. The zero-order valence-corrected chi connectivity index (χ0v) is 9.44. The van der Waals surface area contributed by atoms with Crippen molar-refractivity contribution in [1.29, 1.82) is 0 Å². The third kappa shape index (κ3) is 2.71. The SMILES string of the molecule is CC1(NC[C@H]2CCCCN2)CCCC1. The molecule has 2 nitrogen and oxygen atoms in total. The van der Waals surface area contributed by atoms with Gasteiger partial charge in [-0.2, -0.15) is 0 Å². The monoisotopic (exact) mass is 196 g/mol. The van der Waals surface area contributed by atoms with Crippen LogP contribution in [0.25, 0.3) is 0 Å². The normalized spacial score (nSPS) is 31.9. The van der Waals surface area contributed by atoms with Crippen LogP contribution in [0.1, 0.15) is 51.9 Å². The van der Waals surface area contributed by atoms with Crippen LogP contribution in [0, 0.1) is 0 Å². The van der Waals surface area contributed by atoms with E-state index in [1.165, 1.54) is 58.0 Å². The smallest absolute Gasteiger partial charge is 0.0192 e. The molecule has 2 N–H and O–H groups in total. The van der Waals surface area contributed by atoms with Crippen LogP contribution in [0.3, 0.4) is 0 Å². The van der Waals surface area contributed by atoms with Gasteiger partial charge in [0.1, 0.15) is 0 Å². The highest BCUT2D eigenvalue weighted by atomic mass is 15.0. The Balaban J connectivity index is 1.70. The molecule has 0 aromatic carbocycles. The van der Waals surface area contributed by atoms with Gasteiger partial charge in [-0.25, -0.2) is 0 Å². The van der Waals surface area contributed by atoms with E-state index in [0.717, 1.165) is 6.04 Å². The summed E-state index contributed by atoms with van der Waals surface area (Å²) in [7, 11) is 0. The van der Waals surface area contributed by atoms with Gasteiger partial charge in [0.2, 0.25) is 0 Å². The van der Waals surface area contributed by atoms with Gasteiger partial charge in [0.25, 0.3) is 0 Å². The standard InChI is InChI=1S/C12H24N2/c1-12(7-3-4-8-12)14-10-11-6-2-5-9-13-11/h11,13-14H,2-10H2,1H3/t11-/m1/s1. The summed E-state index contributed by atoms with van der Waals surface area (Å²) < 4.78 is 0. The topological polar surface area (TPSA) is 24.1 Å². The molecule has 2 aliphatic rings. The van der Waals surface area contributed by atoms with Gasteiger partial charge in [-0.05, 0) is 39.2 Å². The fraction of sp³-hybridized carbons (Fsp3) is 1.00. The summed E-state index contributed by atoms with van der Waals surface area (Å²) in [5, 5.41) is 7.36. The number of rotatable bonds is 3. The predicted octanol–water partition coefficient (Wildman–Crippen LogP) is 2.05. The minimum absolute atomic E-state index is 0.457. The van der Waals surface area contributed by atoms with E-state index >= 15 is 0 Å². The fourth-order valence-electron chi connectivity index (χ4n) is 2.80. The summed E-state index contributed by atoms with van der Waals surface area (Å²) in [6, 6.07) is 0.737. The van der Waals surface area contributed by atoms with E-state index in [1.807, 2.05) is 0 Å². The average Bonchev–Trinajstić information content (AvgIpc) is 2.65. The largest absolute Gasteiger partial charge is 0.313 e. The second-order valence-corrected chi connectivity index (χ2v) is 5.30. The van der Waals surface area contributed by atoms with Crippen LogP contribution in [-0.4, -0.2) is 24.7 Å². The summed E-state index contributed by atoms with van der Waals surface area (Å²) in [5.74, 6) is 0. The molecule has 2 heteroatoms. The van der Waals surface area contributed by atoms with Gasteiger partial charge in [-0.15, -0.1) is 0 Å². The molecule has 2 rings (SSSR count). The quantitative estimate of drug-likeness (QED) is 0.722. The number of hydrogen-bond donors (Lipinski definition) is 2. The van der Waals surface area contributed by atoms with Gasteiger partial charge in [0.15, 0.2) is 0 Å². The van der Waals surface area contributed by atoms with Crippen molar-refractivity contribution < 1.29 is 0 Å². The first-order chi connectivity index (χ1) is 6.79. The summed E-state index contributed by atoms with van der Waals surface area (Å²) in [6.45, 7) is 4.79. The van der Waals surface area contributed by atoms with Crippen molar-refractivity contribution in [2.75, 3.05) is 13.1 Å². The van der Waals surface area contributed by atoms with Crippen LogP contribution in [0.15, 0.2) is 0 Å². The van der Waals surface area contributed by atoms with E-state index in [9.17, 15) is 0 Å². The second kappa shape index (κ2) is 4.63. The van der Waals surface area contributed by atoms with Crippen LogP contribution < -0.4 is 10.6 Å². The van der Waals surface area contributed by atoms with Gasteiger partial charge in [0.05, 0.1) is 0 Å². The highest BCUT2D eigenvalue weighted by molar-refractivity contribution is 4.89. The molecule has 82 valence electrons. The lowest BCUT2D eigenvalue weighted by molar-refractivity contribution is 0.310. The van der Waals surface area contributed by atoms with E-state index in [4.69, 9.17) is 0 Å². The number of piperidine rings is 1. The molecule has 0 spiro atoms. The van der Waals surface area contributed by atoms with Crippen molar-refractivity contribution in [2.24, 2.45) is 0 Å². The predicted molar refractivity (Wildman–Crippen MR) is 60.5 cm³/mol. The highest BCUT2D eigenvalue weighted by Crippen LogP contribution is 2.28. The van der Waals surface area contributed by atoms with Crippen molar-refractivity contribution in [3.63, 3.8) is 0 Å². The molecule has 0 amide bonds. The lowest BCUT2D eigenvalue weighted by Gasteiger charge is -2.30. The van der Waals surface area contributed by atoms with Crippen molar-refractivity contribution in [3.8, 4) is 0 Å². The van der Waals surface area contributed by atoms with Crippen LogP contribution >= 0.6 is 0 Å². The summed E-state index contributed by atoms with van der Waals surface area (Å²) in [5.41, 5.74) is 0.457. The van der Waals surface area contributed by atoms with Crippen molar-refractivity contribution in [3.05, 3.63) is 0 Å². The highest BCUT2D eigenvalue weighted by Gasteiger charge is 2.28. The molecule has 0 radical (unpaired) electrons.